The van der Waals surface area contributed by atoms with Gasteiger partial charge in [0.25, 0.3) is 5.91 Å². The highest BCUT2D eigenvalue weighted by Gasteiger charge is 2.20. The van der Waals surface area contributed by atoms with Crippen LogP contribution in [0.5, 0.6) is 0 Å². The maximum Gasteiger partial charge on any atom is 0.271 e. The molecule has 2 heterocycles. The van der Waals surface area contributed by atoms with Crippen LogP contribution in [0.25, 0.3) is 5.52 Å². The lowest BCUT2D eigenvalue weighted by molar-refractivity contribution is 0.0954. The molecule has 0 unspecified atom stereocenters. The van der Waals surface area contributed by atoms with Crippen LogP contribution in [0.3, 0.4) is 0 Å². The molecule has 0 saturated carbocycles. The summed E-state index contributed by atoms with van der Waals surface area (Å²) in [7, 11) is 0. The quantitative estimate of drug-likeness (QED) is 0.319. The molecule has 0 aliphatic heterocycles. The number of carbonyl (C=O) groups is 2. The lowest BCUT2D eigenvalue weighted by atomic mass is 10.0. The van der Waals surface area contributed by atoms with Crippen LogP contribution in [0.1, 0.15) is 37.5 Å². The van der Waals surface area contributed by atoms with Gasteiger partial charge in [0.15, 0.2) is 0 Å². The molecule has 5 heteroatoms. The van der Waals surface area contributed by atoms with E-state index in [1.807, 2.05) is 60.0 Å². The Bertz CT molecular complexity index is 1210. The number of hydrazone groups is 1. The van der Waals surface area contributed by atoms with Crippen molar-refractivity contribution in [3.8, 4) is 0 Å². The van der Waals surface area contributed by atoms with E-state index in [2.05, 4.69) is 10.5 Å². The van der Waals surface area contributed by atoms with Crippen LogP contribution in [0.4, 0.5) is 0 Å². The van der Waals surface area contributed by atoms with Crippen molar-refractivity contribution in [2.45, 2.75) is 6.92 Å². The number of carbonyl (C=O) groups excluding carboxylic acids is 2. The van der Waals surface area contributed by atoms with Crippen LogP contribution >= 0.6 is 0 Å². The van der Waals surface area contributed by atoms with E-state index in [-0.39, 0.29) is 11.7 Å². The molecule has 29 heavy (non-hydrogen) atoms. The molecular weight excluding hydrogens is 362 g/mol. The highest BCUT2D eigenvalue weighted by atomic mass is 16.2. The third-order valence-electron chi connectivity index (χ3n) is 4.78. The van der Waals surface area contributed by atoms with Gasteiger partial charge in [0, 0.05) is 22.9 Å². The number of pyridine rings is 1. The molecule has 1 amide bonds. The van der Waals surface area contributed by atoms with Gasteiger partial charge < -0.3 is 4.40 Å². The highest BCUT2D eigenvalue weighted by Crippen LogP contribution is 2.24. The zero-order valence-corrected chi connectivity index (χ0v) is 15.9. The molecule has 5 nitrogen and oxygen atoms in total. The van der Waals surface area contributed by atoms with Crippen LogP contribution in [0.15, 0.2) is 90.2 Å². The first-order chi connectivity index (χ1) is 14.2. The van der Waals surface area contributed by atoms with Gasteiger partial charge >= 0.3 is 0 Å². The Hall–Kier alpha value is -3.99. The van der Waals surface area contributed by atoms with Gasteiger partial charge in [-0.05, 0) is 36.8 Å². The van der Waals surface area contributed by atoms with Crippen LogP contribution < -0.4 is 5.43 Å². The maximum absolute atomic E-state index is 13.1. The number of amides is 1. The topological polar surface area (TPSA) is 62.9 Å². The number of hydrogen-bond donors (Lipinski definition) is 1. The summed E-state index contributed by atoms with van der Waals surface area (Å²) >= 11 is 0. The lowest BCUT2D eigenvalue weighted by Crippen LogP contribution is -2.17. The second kappa shape index (κ2) is 7.94. The summed E-state index contributed by atoms with van der Waals surface area (Å²) in [6.07, 6.45) is 3.45. The minimum Gasteiger partial charge on any atom is -0.313 e. The number of nitrogens with one attached hydrogen (secondary N) is 1. The first-order valence-electron chi connectivity index (χ1n) is 9.24. The Morgan fingerprint density at radius 3 is 2.17 bits per heavy atom. The zero-order chi connectivity index (χ0) is 20.2. The number of hydrogen-bond acceptors (Lipinski definition) is 3. The van der Waals surface area contributed by atoms with E-state index in [0.29, 0.717) is 16.8 Å². The van der Waals surface area contributed by atoms with E-state index in [9.17, 15) is 9.59 Å². The fourth-order valence-corrected chi connectivity index (χ4v) is 3.34. The molecule has 4 aromatic rings. The summed E-state index contributed by atoms with van der Waals surface area (Å²) in [6, 6.07) is 23.8. The molecular formula is C24H19N3O2. The molecule has 0 spiro atoms. The maximum atomic E-state index is 13.1. The summed E-state index contributed by atoms with van der Waals surface area (Å²) in [4.78, 5) is 25.3. The Morgan fingerprint density at radius 2 is 1.48 bits per heavy atom. The number of fused-ring (bicyclic) bond motifs is 1. The van der Waals surface area contributed by atoms with Gasteiger partial charge in [-0.2, -0.15) is 5.10 Å². The number of benzene rings is 2. The zero-order valence-electron chi connectivity index (χ0n) is 15.9. The van der Waals surface area contributed by atoms with E-state index < -0.39 is 0 Å². The number of aromatic nitrogens is 1. The summed E-state index contributed by atoms with van der Waals surface area (Å²) in [5.74, 6) is -0.346. The predicted molar refractivity (Wildman–Crippen MR) is 114 cm³/mol. The molecule has 0 atom stereocenters. The van der Waals surface area contributed by atoms with Crippen LogP contribution in [0, 0.1) is 6.92 Å². The molecule has 4 rings (SSSR count). The fourth-order valence-electron chi connectivity index (χ4n) is 3.34. The van der Waals surface area contributed by atoms with E-state index in [1.165, 1.54) is 0 Å². The SMILES string of the molecule is Cc1c(/C=N\NC(=O)c2ccccc2)c2ccccn2c1C(=O)c1ccccc1. The number of nitrogens with zero attached hydrogens (tertiary/aromatic N) is 2. The largest absolute Gasteiger partial charge is 0.313 e. The predicted octanol–water partition coefficient (Wildman–Crippen LogP) is 4.24. The van der Waals surface area contributed by atoms with Crippen molar-refractivity contribution in [3.63, 3.8) is 0 Å². The minimum absolute atomic E-state index is 0.0581. The molecule has 2 aromatic carbocycles. The molecule has 0 aliphatic carbocycles. The average Bonchev–Trinajstić information content (AvgIpc) is 3.06. The third kappa shape index (κ3) is 3.58. The van der Waals surface area contributed by atoms with Crippen molar-refractivity contribution in [1.29, 1.82) is 0 Å². The smallest absolute Gasteiger partial charge is 0.271 e. The summed E-state index contributed by atoms with van der Waals surface area (Å²) < 4.78 is 1.87. The Balaban J connectivity index is 1.69. The normalized spacial score (nSPS) is 11.1. The van der Waals surface area contributed by atoms with Gasteiger partial charge in [-0.25, -0.2) is 5.43 Å². The van der Waals surface area contributed by atoms with E-state index >= 15 is 0 Å². The summed E-state index contributed by atoms with van der Waals surface area (Å²) in [5, 5.41) is 4.13. The monoisotopic (exact) mass is 381 g/mol. The second-order valence-electron chi connectivity index (χ2n) is 6.60. The van der Waals surface area contributed by atoms with Crippen molar-refractivity contribution in [3.05, 3.63) is 113 Å². The van der Waals surface area contributed by atoms with Gasteiger partial charge in [0.2, 0.25) is 5.78 Å². The lowest BCUT2D eigenvalue weighted by Gasteiger charge is -2.03. The van der Waals surface area contributed by atoms with Crippen LogP contribution in [-0.4, -0.2) is 22.3 Å². The van der Waals surface area contributed by atoms with Gasteiger partial charge in [0.1, 0.15) is 0 Å². The minimum atomic E-state index is -0.288. The standard InChI is InChI=1S/C24H19N3O2/c1-17-20(16-25-26-24(29)19-12-6-3-7-13-19)21-14-8-9-15-27(21)22(17)23(28)18-10-4-2-5-11-18/h2-16H,1H3,(H,26,29)/b25-16-. The molecule has 0 radical (unpaired) electrons. The van der Waals surface area contributed by atoms with Gasteiger partial charge in [0.05, 0.1) is 17.4 Å². The van der Waals surface area contributed by atoms with Gasteiger partial charge in [-0.3, -0.25) is 9.59 Å². The van der Waals surface area contributed by atoms with Crippen LogP contribution in [-0.2, 0) is 0 Å². The molecule has 142 valence electrons. The Labute approximate surface area is 168 Å². The molecule has 2 aromatic heterocycles. The van der Waals surface area contributed by atoms with Crippen molar-refractivity contribution in [1.82, 2.24) is 9.83 Å². The molecule has 0 fully saturated rings. The first-order valence-corrected chi connectivity index (χ1v) is 9.24. The second-order valence-corrected chi connectivity index (χ2v) is 6.60. The molecule has 0 bridgehead atoms. The summed E-state index contributed by atoms with van der Waals surface area (Å²) in [5.41, 5.74) is 6.73. The molecule has 1 N–H and O–H groups in total. The van der Waals surface area contributed by atoms with Crippen molar-refractivity contribution in [2.75, 3.05) is 0 Å². The Kier molecular flexibility index (Phi) is 5.03. The van der Waals surface area contributed by atoms with E-state index in [1.54, 1.807) is 42.6 Å². The average molecular weight is 381 g/mol. The Morgan fingerprint density at radius 1 is 0.862 bits per heavy atom. The highest BCUT2D eigenvalue weighted by molar-refractivity contribution is 6.12. The molecule has 0 aliphatic rings. The molecule has 0 saturated heterocycles. The van der Waals surface area contributed by atoms with Gasteiger partial charge in [-0.1, -0.05) is 54.6 Å². The van der Waals surface area contributed by atoms with Crippen LogP contribution in [0.2, 0.25) is 0 Å². The first kappa shape index (κ1) is 18.4. The fraction of sp³-hybridized carbons (Fsp3) is 0.0417. The van der Waals surface area contributed by atoms with Crippen molar-refractivity contribution in [2.24, 2.45) is 5.10 Å². The third-order valence-corrected chi connectivity index (χ3v) is 4.78. The van der Waals surface area contributed by atoms with Gasteiger partial charge in [-0.15, -0.1) is 0 Å². The van der Waals surface area contributed by atoms with E-state index in [0.717, 1.165) is 16.6 Å². The number of ketones is 1. The van der Waals surface area contributed by atoms with E-state index in [4.69, 9.17) is 0 Å². The summed E-state index contributed by atoms with van der Waals surface area (Å²) in [6.45, 7) is 1.89. The van der Waals surface area contributed by atoms with Crippen molar-refractivity contribution < 1.29 is 9.59 Å². The number of rotatable bonds is 5. The van der Waals surface area contributed by atoms with Crippen molar-refractivity contribution >= 4 is 23.4 Å².